The normalized spacial score (nSPS) is 22.4. The minimum atomic E-state index is -4.71. The van der Waals surface area contributed by atoms with Crippen LogP contribution < -0.4 is 0 Å². The standard InChI is InChI=1S/C26H23BrF3N3O4S/c1-14(26(28,29)30)31-13-33(32-10-9-20(35)24(37-15(2)34)23(32)25(31)36)22-18-6-4-3-5-16(18)12-38-21-11-17(27)7-8-19(21)22/h3-11,14,20,22,35H,12-13H2,1-2H3/t14-,20?,22-/m1/s1. The molecule has 1 fully saturated rings. The molecule has 3 heterocycles. The Morgan fingerprint density at radius 3 is 2.66 bits per heavy atom. The Bertz CT molecular complexity index is 1370. The topological polar surface area (TPSA) is 73.3 Å². The summed E-state index contributed by atoms with van der Waals surface area (Å²) in [5.41, 5.74) is 2.35. The van der Waals surface area contributed by atoms with Crippen molar-refractivity contribution in [2.24, 2.45) is 0 Å². The molecule has 0 aromatic heterocycles. The number of thioether (sulfide) groups is 1. The summed E-state index contributed by atoms with van der Waals surface area (Å²) in [5, 5.41) is 13.6. The van der Waals surface area contributed by atoms with Crippen molar-refractivity contribution < 1.29 is 32.6 Å². The summed E-state index contributed by atoms with van der Waals surface area (Å²) < 4.78 is 48.0. The molecule has 0 saturated carbocycles. The van der Waals surface area contributed by atoms with E-state index in [0.717, 1.165) is 39.9 Å². The molecule has 12 heteroatoms. The third-order valence-electron chi connectivity index (χ3n) is 6.67. The van der Waals surface area contributed by atoms with E-state index in [-0.39, 0.29) is 5.70 Å². The molecule has 2 aromatic carbocycles. The second-order valence-electron chi connectivity index (χ2n) is 9.08. The Balaban J connectivity index is 1.74. The minimum Gasteiger partial charge on any atom is -0.426 e. The van der Waals surface area contributed by atoms with E-state index in [9.17, 15) is 27.9 Å². The molecule has 2 aromatic rings. The zero-order chi connectivity index (χ0) is 27.4. The van der Waals surface area contributed by atoms with Gasteiger partial charge < -0.3 is 14.7 Å². The number of rotatable bonds is 3. The average molecular weight is 610 g/mol. The number of hydrogen-bond acceptors (Lipinski definition) is 7. The fourth-order valence-electron chi connectivity index (χ4n) is 4.80. The predicted octanol–water partition coefficient (Wildman–Crippen LogP) is 5.08. The van der Waals surface area contributed by atoms with Crippen LogP contribution in [0.25, 0.3) is 0 Å². The first-order valence-electron chi connectivity index (χ1n) is 11.7. The highest BCUT2D eigenvalue weighted by Crippen LogP contribution is 2.46. The Kier molecular flexibility index (Phi) is 7.10. The summed E-state index contributed by atoms with van der Waals surface area (Å²) in [4.78, 5) is 27.1. The second kappa shape index (κ2) is 10.1. The van der Waals surface area contributed by atoms with E-state index in [1.54, 1.807) is 16.8 Å². The summed E-state index contributed by atoms with van der Waals surface area (Å²) in [7, 11) is 0. The maximum atomic E-state index is 14.0. The highest BCUT2D eigenvalue weighted by molar-refractivity contribution is 9.10. The molecule has 1 amide bonds. The molecule has 38 heavy (non-hydrogen) atoms. The number of halogens is 4. The number of benzene rings is 2. The lowest BCUT2D eigenvalue weighted by atomic mass is 9.94. The molecule has 3 aliphatic heterocycles. The van der Waals surface area contributed by atoms with Gasteiger partial charge in [0.05, 0.1) is 12.7 Å². The predicted molar refractivity (Wildman–Crippen MR) is 137 cm³/mol. The summed E-state index contributed by atoms with van der Waals surface area (Å²) in [6, 6.07) is 10.6. The van der Waals surface area contributed by atoms with Crippen LogP contribution in [0.15, 0.2) is 75.6 Å². The summed E-state index contributed by atoms with van der Waals surface area (Å²) in [6.07, 6.45) is -3.45. The van der Waals surface area contributed by atoms with Crippen molar-refractivity contribution in [2.75, 3.05) is 6.67 Å². The third kappa shape index (κ3) is 4.74. The number of esters is 1. The Morgan fingerprint density at radius 2 is 1.95 bits per heavy atom. The molecule has 5 rings (SSSR count). The third-order valence-corrected chi connectivity index (χ3v) is 8.29. The van der Waals surface area contributed by atoms with Crippen LogP contribution in [0.2, 0.25) is 0 Å². The van der Waals surface area contributed by atoms with E-state index in [1.807, 2.05) is 42.5 Å². The van der Waals surface area contributed by atoms with Crippen LogP contribution in [-0.4, -0.2) is 56.9 Å². The summed E-state index contributed by atoms with van der Waals surface area (Å²) >= 11 is 5.12. The molecule has 3 aliphatic rings. The van der Waals surface area contributed by atoms with Gasteiger partial charge in [0.15, 0.2) is 11.5 Å². The molecule has 1 unspecified atom stereocenters. The molecule has 3 atom stereocenters. The van der Waals surface area contributed by atoms with Gasteiger partial charge in [0.2, 0.25) is 0 Å². The van der Waals surface area contributed by atoms with Gasteiger partial charge in [0.25, 0.3) is 5.91 Å². The smallest absolute Gasteiger partial charge is 0.408 e. The minimum absolute atomic E-state index is 0.342. The van der Waals surface area contributed by atoms with Crippen LogP contribution in [0, 0.1) is 0 Å². The Hall–Kier alpha value is -2.80. The first kappa shape index (κ1) is 26.8. The number of amides is 1. The lowest BCUT2D eigenvalue weighted by Crippen LogP contribution is -2.62. The van der Waals surface area contributed by atoms with Gasteiger partial charge in [-0.2, -0.15) is 18.2 Å². The molecule has 1 saturated heterocycles. The molecule has 1 N–H and O–H groups in total. The first-order chi connectivity index (χ1) is 18.0. The van der Waals surface area contributed by atoms with E-state index < -0.39 is 48.7 Å². The van der Waals surface area contributed by atoms with Crippen molar-refractivity contribution in [1.29, 1.82) is 0 Å². The molecule has 0 bridgehead atoms. The van der Waals surface area contributed by atoms with Gasteiger partial charge in [-0.3, -0.25) is 14.6 Å². The fourth-order valence-corrected chi connectivity index (χ4v) is 6.44. The number of hydrogen-bond donors (Lipinski definition) is 1. The molecule has 0 aliphatic carbocycles. The maximum absolute atomic E-state index is 14.0. The maximum Gasteiger partial charge on any atom is 0.408 e. The van der Waals surface area contributed by atoms with Crippen LogP contribution in [0.5, 0.6) is 0 Å². The van der Waals surface area contributed by atoms with Gasteiger partial charge in [-0.05, 0) is 41.8 Å². The molecule has 0 spiro atoms. The quantitative estimate of drug-likeness (QED) is 0.487. The number of hydrazine groups is 1. The van der Waals surface area contributed by atoms with E-state index in [0.29, 0.717) is 10.7 Å². The molecule has 0 radical (unpaired) electrons. The van der Waals surface area contributed by atoms with Gasteiger partial charge in [-0.1, -0.05) is 46.3 Å². The number of carbonyl (C=O) groups is 2. The fraction of sp³-hybridized carbons (Fsp3) is 0.308. The van der Waals surface area contributed by atoms with Crippen LogP contribution in [0.3, 0.4) is 0 Å². The zero-order valence-electron chi connectivity index (χ0n) is 20.3. The molecule has 7 nitrogen and oxygen atoms in total. The van der Waals surface area contributed by atoms with Gasteiger partial charge in [0, 0.05) is 28.2 Å². The largest absolute Gasteiger partial charge is 0.426 e. The number of aliphatic hydroxyl groups excluding tert-OH is 1. The highest BCUT2D eigenvalue weighted by atomic mass is 79.9. The number of nitrogens with zero attached hydrogens (tertiary/aromatic N) is 3. The van der Waals surface area contributed by atoms with E-state index in [1.165, 1.54) is 17.3 Å². The number of carbonyl (C=O) groups excluding carboxylic acids is 2. The van der Waals surface area contributed by atoms with Crippen molar-refractivity contribution in [3.63, 3.8) is 0 Å². The lowest BCUT2D eigenvalue weighted by molar-refractivity contribution is -0.204. The summed E-state index contributed by atoms with van der Waals surface area (Å²) in [5.74, 6) is -1.59. The lowest BCUT2D eigenvalue weighted by Gasteiger charge is -2.50. The Morgan fingerprint density at radius 1 is 1.21 bits per heavy atom. The van der Waals surface area contributed by atoms with E-state index in [2.05, 4.69) is 15.9 Å². The molecular formula is C26H23BrF3N3O4S. The van der Waals surface area contributed by atoms with Crippen molar-refractivity contribution in [3.05, 3.63) is 87.4 Å². The Labute approximate surface area is 229 Å². The summed E-state index contributed by atoms with van der Waals surface area (Å²) in [6.45, 7) is 1.60. The average Bonchev–Trinajstić information content (AvgIpc) is 3.01. The SMILES string of the molecule is CC(=O)OC1=C2C(=O)N([C@H](C)C(F)(F)F)CN([C@@H]3c4ccccc4CSc4cc(Br)ccc43)N2C=CC1O. The van der Waals surface area contributed by atoms with Crippen LogP contribution in [0.1, 0.15) is 36.6 Å². The van der Waals surface area contributed by atoms with Gasteiger partial charge in [-0.25, -0.2) is 0 Å². The zero-order valence-corrected chi connectivity index (χ0v) is 22.7. The molecular weight excluding hydrogens is 587 g/mol. The van der Waals surface area contributed by atoms with Crippen molar-refractivity contribution in [1.82, 2.24) is 14.9 Å². The monoisotopic (exact) mass is 609 g/mol. The van der Waals surface area contributed by atoms with E-state index in [4.69, 9.17) is 4.74 Å². The van der Waals surface area contributed by atoms with E-state index >= 15 is 0 Å². The van der Waals surface area contributed by atoms with Gasteiger partial charge in [-0.15, -0.1) is 11.8 Å². The van der Waals surface area contributed by atoms with Crippen LogP contribution in [-0.2, 0) is 20.1 Å². The highest BCUT2D eigenvalue weighted by Gasteiger charge is 2.50. The second-order valence-corrected chi connectivity index (χ2v) is 11.0. The molecule has 200 valence electrons. The first-order valence-corrected chi connectivity index (χ1v) is 13.5. The van der Waals surface area contributed by atoms with Crippen molar-refractivity contribution >= 4 is 39.6 Å². The van der Waals surface area contributed by atoms with Crippen molar-refractivity contribution in [2.45, 2.75) is 48.9 Å². The number of ether oxygens (including phenoxy) is 1. The van der Waals surface area contributed by atoms with Crippen molar-refractivity contribution in [3.8, 4) is 0 Å². The number of alkyl halides is 3. The van der Waals surface area contributed by atoms with Gasteiger partial charge >= 0.3 is 12.1 Å². The van der Waals surface area contributed by atoms with Crippen LogP contribution >= 0.6 is 27.7 Å². The number of aliphatic hydroxyl groups is 1. The van der Waals surface area contributed by atoms with Crippen LogP contribution in [0.4, 0.5) is 13.2 Å². The van der Waals surface area contributed by atoms with Gasteiger partial charge in [0.1, 0.15) is 12.1 Å². The number of fused-ring (bicyclic) bond motifs is 3.